The van der Waals surface area contributed by atoms with Crippen LogP contribution in [0.15, 0.2) is 30.4 Å². The van der Waals surface area contributed by atoms with E-state index >= 15 is 0 Å². The van der Waals surface area contributed by atoms with Crippen molar-refractivity contribution in [3.05, 3.63) is 47.3 Å². The third-order valence-electron chi connectivity index (χ3n) is 3.80. The van der Waals surface area contributed by atoms with Crippen molar-refractivity contribution >= 4 is 0 Å². The van der Waals surface area contributed by atoms with Gasteiger partial charge in [-0.25, -0.2) is 4.39 Å². The minimum Gasteiger partial charge on any atom is -0.314 e. The van der Waals surface area contributed by atoms with Gasteiger partial charge in [-0.05, 0) is 37.5 Å². The Labute approximate surface area is 115 Å². The molecule has 3 heteroatoms. The highest BCUT2D eigenvalue weighted by Crippen LogP contribution is 2.30. The minimum absolute atomic E-state index is 0.112. The van der Waals surface area contributed by atoms with Crippen molar-refractivity contribution in [1.29, 1.82) is 0 Å². The van der Waals surface area contributed by atoms with E-state index in [0.717, 1.165) is 49.3 Å². The van der Waals surface area contributed by atoms with Crippen molar-refractivity contribution in [3.63, 3.8) is 0 Å². The van der Waals surface area contributed by atoms with Gasteiger partial charge < -0.3 is 5.32 Å². The molecule has 0 bridgehead atoms. The second-order valence-corrected chi connectivity index (χ2v) is 5.42. The summed E-state index contributed by atoms with van der Waals surface area (Å²) in [5, 5.41) is 3.36. The van der Waals surface area contributed by atoms with Crippen molar-refractivity contribution in [2.24, 2.45) is 0 Å². The molecule has 0 unspecified atom stereocenters. The number of hydrogen-bond donors (Lipinski definition) is 1. The zero-order valence-electron chi connectivity index (χ0n) is 11.9. The monoisotopic (exact) mass is 262 g/mol. The van der Waals surface area contributed by atoms with Crippen LogP contribution in [0.3, 0.4) is 0 Å². The number of halogens is 1. The molecular formula is C16H23FN2. The Kier molecular flexibility index (Phi) is 4.72. The van der Waals surface area contributed by atoms with Crippen LogP contribution in [0.2, 0.25) is 0 Å². The summed E-state index contributed by atoms with van der Waals surface area (Å²) in [7, 11) is 0. The summed E-state index contributed by atoms with van der Waals surface area (Å²) >= 11 is 0. The van der Waals surface area contributed by atoms with Gasteiger partial charge in [0.25, 0.3) is 0 Å². The van der Waals surface area contributed by atoms with Crippen molar-refractivity contribution in [2.75, 3.05) is 26.2 Å². The summed E-state index contributed by atoms with van der Waals surface area (Å²) in [5.41, 5.74) is 3.02. The molecule has 19 heavy (non-hydrogen) atoms. The predicted molar refractivity (Wildman–Crippen MR) is 77.8 cm³/mol. The zero-order chi connectivity index (χ0) is 13.8. The Bertz CT molecular complexity index is 450. The normalized spacial score (nSPS) is 18.3. The first-order chi connectivity index (χ1) is 9.09. The van der Waals surface area contributed by atoms with Crippen LogP contribution in [0.1, 0.15) is 30.5 Å². The molecule has 1 aromatic carbocycles. The highest BCUT2D eigenvalue weighted by atomic mass is 19.1. The lowest BCUT2D eigenvalue weighted by atomic mass is 9.94. The Morgan fingerprint density at radius 2 is 2.11 bits per heavy atom. The second kappa shape index (κ2) is 6.31. The summed E-state index contributed by atoms with van der Waals surface area (Å²) in [6.07, 6.45) is 0.893. The van der Waals surface area contributed by atoms with Gasteiger partial charge in [0.15, 0.2) is 0 Å². The minimum atomic E-state index is -0.112. The molecule has 2 nitrogen and oxygen atoms in total. The highest BCUT2D eigenvalue weighted by molar-refractivity contribution is 5.31. The molecule has 0 aromatic heterocycles. The van der Waals surface area contributed by atoms with Crippen LogP contribution in [0.5, 0.6) is 0 Å². The lowest BCUT2D eigenvalue weighted by Gasteiger charge is -2.36. The molecular weight excluding hydrogens is 239 g/mol. The number of nitrogens with zero attached hydrogens (tertiary/aromatic N) is 1. The Morgan fingerprint density at radius 3 is 2.74 bits per heavy atom. The topological polar surface area (TPSA) is 15.3 Å². The molecule has 1 aliphatic heterocycles. The van der Waals surface area contributed by atoms with Gasteiger partial charge in [-0.2, -0.15) is 0 Å². The maximum Gasteiger partial charge on any atom is 0.126 e. The molecule has 104 valence electrons. The van der Waals surface area contributed by atoms with Gasteiger partial charge in [-0.1, -0.05) is 17.7 Å². The van der Waals surface area contributed by atoms with Crippen LogP contribution < -0.4 is 5.32 Å². The fraction of sp³-hybridized carbons (Fsp3) is 0.500. The molecule has 1 atom stereocenters. The van der Waals surface area contributed by atoms with Crippen molar-refractivity contribution in [2.45, 2.75) is 26.3 Å². The summed E-state index contributed by atoms with van der Waals surface area (Å²) in [6.45, 7) is 12.0. The SMILES string of the molecule is C=C(C)C[C@@H](c1cccc(F)c1C)N1CCNCC1. The maximum atomic E-state index is 13.8. The molecule has 1 heterocycles. The van der Waals surface area contributed by atoms with Gasteiger partial charge in [-0.15, -0.1) is 6.58 Å². The summed E-state index contributed by atoms with van der Waals surface area (Å²) in [6, 6.07) is 5.64. The van der Waals surface area contributed by atoms with Gasteiger partial charge in [0.05, 0.1) is 0 Å². The third kappa shape index (κ3) is 3.43. The van der Waals surface area contributed by atoms with Crippen LogP contribution in [-0.4, -0.2) is 31.1 Å². The van der Waals surface area contributed by atoms with E-state index in [0.29, 0.717) is 0 Å². The fourth-order valence-corrected chi connectivity index (χ4v) is 2.74. The quantitative estimate of drug-likeness (QED) is 0.839. The van der Waals surface area contributed by atoms with E-state index in [1.54, 1.807) is 0 Å². The molecule has 2 rings (SSSR count). The van der Waals surface area contributed by atoms with Gasteiger partial charge in [0, 0.05) is 32.2 Å². The van der Waals surface area contributed by atoms with Crippen LogP contribution in [0, 0.1) is 12.7 Å². The van der Waals surface area contributed by atoms with Crippen LogP contribution in [0.4, 0.5) is 4.39 Å². The molecule has 1 aromatic rings. The maximum absolute atomic E-state index is 13.8. The van der Waals surface area contributed by atoms with E-state index in [2.05, 4.69) is 16.8 Å². The van der Waals surface area contributed by atoms with Crippen LogP contribution in [0.25, 0.3) is 0 Å². The molecule has 1 fully saturated rings. The molecule has 1 saturated heterocycles. The van der Waals surface area contributed by atoms with E-state index < -0.39 is 0 Å². The number of benzene rings is 1. The number of hydrogen-bond acceptors (Lipinski definition) is 2. The zero-order valence-corrected chi connectivity index (χ0v) is 11.9. The van der Waals surface area contributed by atoms with Crippen molar-refractivity contribution < 1.29 is 4.39 Å². The Balaban J connectivity index is 2.30. The number of piperazine rings is 1. The summed E-state index contributed by atoms with van der Waals surface area (Å²) < 4.78 is 13.8. The van der Waals surface area contributed by atoms with E-state index in [-0.39, 0.29) is 11.9 Å². The van der Waals surface area contributed by atoms with Gasteiger partial charge in [0.1, 0.15) is 5.82 Å². The number of rotatable bonds is 4. The van der Waals surface area contributed by atoms with Gasteiger partial charge >= 0.3 is 0 Å². The first-order valence-electron chi connectivity index (χ1n) is 6.93. The van der Waals surface area contributed by atoms with Crippen LogP contribution in [-0.2, 0) is 0 Å². The summed E-state index contributed by atoms with van der Waals surface area (Å²) in [4.78, 5) is 2.44. The largest absolute Gasteiger partial charge is 0.314 e. The first kappa shape index (κ1) is 14.2. The van der Waals surface area contributed by atoms with E-state index in [1.165, 1.54) is 6.07 Å². The molecule has 1 N–H and O–H groups in total. The van der Waals surface area contributed by atoms with Crippen molar-refractivity contribution in [3.8, 4) is 0 Å². The molecule has 0 amide bonds. The molecule has 0 radical (unpaired) electrons. The summed E-state index contributed by atoms with van der Waals surface area (Å²) in [5.74, 6) is -0.112. The van der Waals surface area contributed by atoms with Crippen LogP contribution >= 0.6 is 0 Å². The lowest BCUT2D eigenvalue weighted by molar-refractivity contribution is 0.171. The lowest BCUT2D eigenvalue weighted by Crippen LogP contribution is -2.45. The molecule has 0 aliphatic carbocycles. The molecule has 0 saturated carbocycles. The molecule has 1 aliphatic rings. The average Bonchev–Trinajstić information content (AvgIpc) is 2.40. The fourth-order valence-electron chi connectivity index (χ4n) is 2.74. The first-order valence-corrected chi connectivity index (χ1v) is 6.93. The van der Waals surface area contributed by atoms with E-state index in [9.17, 15) is 4.39 Å². The Hall–Kier alpha value is -1.19. The third-order valence-corrected chi connectivity index (χ3v) is 3.80. The average molecular weight is 262 g/mol. The standard InChI is InChI=1S/C16H23FN2/c1-12(2)11-16(19-9-7-18-8-10-19)14-5-4-6-15(17)13(14)3/h4-6,16,18H,1,7-11H2,2-3H3/t16-/m0/s1. The highest BCUT2D eigenvalue weighted by Gasteiger charge is 2.24. The van der Waals surface area contributed by atoms with E-state index in [1.807, 2.05) is 26.0 Å². The van der Waals surface area contributed by atoms with Gasteiger partial charge in [0.2, 0.25) is 0 Å². The van der Waals surface area contributed by atoms with Crippen molar-refractivity contribution in [1.82, 2.24) is 10.2 Å². The Morgan fingerprint density at radius 1 is 1.42 bits per heavy atom. The smallest absolute Gasteiger partial charge is 0.126 e. The number of nitrogens with one attached hydrogen (secondary N) is 1. The second-order valence-electron chi connectivity index (χ2n) is 5.42. The van der Waals surface area contributed by atoms with E-state index in [4.69, 9.17) is 0 Å². The van der Waals surface area contributed by atoms with Gasteiger partial charge in [-0.3, -0.25) is 4.90 Å². The molecule has 0 spiro atoms. The predicted octanol–water partition coefficient (Wildman–Crippen LogP) is 3.05.